The zero-order valence-electron chi connectivity index (χ0n) is 11.8. The molecule has 0 heterocycles. The van der Waals surface area contributed by atoms with Gasteiger partial charge in [0, 0.05) is 6.54 Å². The first-order chi connectivity index (χ1) is 8.86. The van der Waals surface area contributed by atoms with Crippen molar-refractivity contribution in [1.29, 1.82) is 0 Å². The Morgan fingerprint density at radius 3 is 2.58 bits per heavy atom. The normalized spacial score (nSPS) is 13.5. The van der Waals surface area contributed by atoms with Crippen molar-refractivity contribution in [2.75, 3.05) is 18.8 Å². The van der Waals surface area contributed by atoms with Gasteiger partial charge in [-0.2, -0.15) is 0 Å². The monoisotopic (exact) mass is 285 g/mol. The summed E-state index contributed by atoms with van der Waals surface area (Å²) in [5, 5.41) is 12.8. The standard InChI is InChI=1S/C14H23NO3S/c1-4-7-15-9-13(16)10-19(17,18)14-6-5-11(2)8-12(14)3/h5-6,8,13,15-16H,4,7,9-10H2,1-3H3. The van der Waals surface area contributed by atoms with E-state index in [1.54, 1.807) is 19.1 Å². The minimum absolute atomic E-state index is 0.242. The molecule has 0 aliphatic heterocycles. The summed E-state index contributed by atoms with van der Waals surface area (Å²) < 4.78 is 24.4. The molecule has 0 fully saturated rings. The molecule has 1 aromatic rings. The molecule has 0 aliphatic carbocycles. The van der Waals surface area contributed by atoms with E-state index < -0.39 is 15.9 Å². The van der Waals surface area contributed by atoms with Gasteiger partial charge in [-0.15, -0.1) is 0 Å². The van der Waals surface area contributed by atoms with Crippen molar-refractivity contribution in [3.8, 4) is 0 Å². The molecule has 0 amide bonds. The Morgan fingerprint density at radius 2 is 2.00 bits per heavy atom. The molecule has 0 aliphatic rings. The Bertz CT molecular complexity index is 511. The van der Waals surface area contributed by atoms with Crippen LogP contribution in [-0.4, -0.2) is 38.5 Å². The Kier molecular flexibility index (Phi) is 5.97. The molecule has 0 radical (unpaired) electrons. The van der Waals surface area contributed by atoms with Crippen LogP contribution in [0.25, 0.3) is 0 Å². The van der Waals surface area contributed by atoms with E-state index in [1.807, 2.05) is 19.9 Å². The lowest BCUT2D eigenvalue weighted by molar-refractivity contribution is 0.194. The molecule has 1 atom stereocenters. The topological polar surface area (TPSA) is 66.4 Å². The second-order valence-electron chi connectivity index (χ2n) is 4.91. The van der Waals surface area contributed by atoms with Crippen molar-refractivity contribution in [1.82, 2.24) is 5.32 Å². The van der Waals surface area contributed by atoms with Gasteiger partial charge in [-0.1, -0.05) is 24.6 Å². The molecule has 0 spiro atoms. The van der Waals surface area contributed by atoms with E-state index >= 15 is 0 Å². The van der Waals surface area contributed by atoms with Gasteiger partial charge >= 0.3 is 0 Å². The van der Waals surface area contributed by atoms with Gasteiger partial charge in [-0.25, -0.2) is 8.42 Å². The van der Waals surface area contributed by atoms with Crippen molar-refractivity contribution in [2.45, 2.75) is 38.2 Å². The molecule has 2 N–H and O–H groups in total. The molecule has 0 saturated carbocycles. The van der Waals surface area contributed by atoms with E-state index in [2.05, 4.69) is 5.32 Å². The van der Waals surface area contributed by atoms with Crippen LogP contribution in [-0.2, 0) is 9.84 Å². The van der Waals surface area contributed by atoms with Crippen LogP contribution in [0, 0.1) is 13.8 Å². The maximum Gasteiger partial charge on any atom is 0.181 e. The second-order valence-corrected chi connectivity index (χ2v) is 6.91. The molecule has 0 bridgehead atoms. The van der Waals surface area contributed by atoms with Gasteiger partial charge in [-0.3, -0.25) is 0 Å². The van der Waals surface area contributed by atoms with Crippen LogP contribution in [0.4, 0.5) is 0 Å². The first-order valence-electron chi connectivity index (χ1n) is 6.55. The zero-order chi connectivity index (χ0) is 14.5. The van der Waals surface area contributed by atoms with Gasteiger partial charge in [0.2, 0.25) is 0 Å². The van der Waals surface area contributed by atoms with Crippen molar-refractivity contribution in [3.05, 3.63) is 29.3 Å². The summed E-state index contributed by atoms with van der Waals surface area (Å²) in [6.45, 7) is 6.80. The number of benzene rings is 1. The summed E-state index contributed by atoms with van der Waals surface area (Å²) in [5.41, 5.74) is 1.76. The Balaban J connectivity index is 2.75. The molecule has 4 nitrogen and oxygen atoms in total. The first kappa shape index (κ1) is 16.1. The molecule has 108 valence electrons. The third-order valence-corrected chi connectivity index (χ3v) is 4.84. The van der Waals surface area contributed by atoms with Gasteiger partial charge in [0.05, 0.1) is 16.8 Å². The third kappa shape index (κ3) is 4.93. The van der Waals surface area contributed by atoms with Gasteiger partial charge in [0.15, 0.2) is 9.84 Å². The van der Waals surface area contributed by atoms with Crippen LogP contribution >= 0.6 is 0 Å². The van der Waals surface area contributed by atoms with Crippen LogP contribution in [0.5, 0.6) is 0 Å². The van der Waals surface area contributed by atoms with Gasteiger partial charge < -0.3 is 10.4 Å². The fourth-order valence-electron chi connectivity index (χ4n) is 2.00. The number of aliphatic hydroxyl groups is 1. The number of aliphatic hydroxyl groups excluding tert-OH is 1. The Morgan fingerprint density at radius 1 is 1.32 bits per heavy atom. The SMILES string of the molecule is CCCNCC(O)CS(=O)(=O)c1ccc(C)cc1C. The highest BCUT2D eigenvalue weighted by atomic mass is 32.2. The van der Waals surface area contributed by atoms with Crippen molar-refractivity contribution >= 4 is 9.84 Å². The molecule has 19 heavy (non-hydrogen) atoms. The van der Waals surface area contributed by atoms with Crippen molar-refractivity contribution < 1.29 is 13.5 Å². The van der Waals surface area contributed by atoms with Gasteiger partial charge in [0.1, 0.15) is 0 Å². The molecule has 1 unspecified atom stereocenters. The minimum atomic E-state index is -3.43. The average Bonchev–Trinajstić information content (AvgIpc) is 2.27. The lowest BCUT2D eigenvalue weighted by Crippen LogP contribution is -2.33. The van der Waals surface area contributed by atoms with Crippen molar-refractivity contribution in [2.24, 2.45) is 0 Å². The highest BCUT2D eigenvalue weighted by molar-refractivity contribution is 7.91. The first-order valence-corrected chi connectivity index (χ1v) is 8.21. The minimum Gasteiger partial charge on any atom is -0.391 e. The number of hydrogen-bond donors (Lipinski definition) is 2. The number of aryl methyl sites for hydroxylation is 2. The Labute approximate surface area is 115 Å². The van der Waals surface area contributed by atoms with Gasteiger partial charge in [0.25, 0.3) is 0 Å². The summed E-state index contributed by atoms with van der Waals surface area (Å²) in [6, 6.07) is 5.24. The molecule has 5 heteroatoms. The molecule has 1 aromatic carbocycles. The van der Waals surface area contributed by atoms with Crippen LogP contribution in [0.15, 0.2) is 23.1 Å². The largest absolute Gasteiger partial charge is 0.391 e. The van der Waals surface area contributed by atoms with E-state index in [-0.39, 0.29) is 5.75 Å². The fraction of sp³-hybridized carbons (Fsp3) is 0.571. The summed E-state index contributed by atoms with van der Waals surface area (Å²) in [7, 11) is -3.43. The van der Waals surface area contributed by atoms with E-state index in [0.29, 0.717) is 11.4 Å². The molecule has 1 rings (SSSR count). The van der Waals surface area contributed by atoms with E-state index in [1.165, 1.54) is 0 Å². The lowest BCUT2D eigenvalue weighted by atomic mass is 10.2. The van der Waals surface area contributed by atoms with Gasteiger partial charge in [-0.05, 0) is 38.4 Å². The van der Waals surface area contributed by atoms with Crippen LogP contribution in [0.1, 0.15) is 24.5 Å². The average molecular weight is 285 g/mol. The second kappa shape index (κ2) is 7.03. The van der Waals surface area contributed by atoms with E-state index in [4.69, 9.17) is 0 Å². The summed E-state index contributed by atoms with van der Waals surface area (Å²) in [5.74, 6) is -0.242. The summed E-state index contributed by atoms with van der Waals surface area (Å²) >= 11 is 0. The summed E-state index contributed by atoms with van der Waals surface area (Å²) in [4.78, 5) is 0.313. The molecular weight excluding hydrogens is 262 g/mol. The molecular formula is C14H23NO3S. The summed E-state index contributed by atoms with van der Waals surface area (Å²) in [6.07, 6.45) is 0.0774. The smallest absolute Gasteiger partial charge is 0.181 e. The number of hydrogen-bond acceptors (Lipinski definition) is 4. The molecule has 0 saturated heterocycles. The van der Waals surface area contributed by atoms with Crippen molar-refractivity contribution in [3.63, 3.8) is 0 Å². The number of sulfone groups is 1. The Hall–Kier alpha value is -0.910. The lowest BCUT2D eigenvalue weighted by Gasteiger charge is -2.13. The predicted octanol–water partition coefficient (Wildman–Crippen LogP) is 1.44. The van der Waals surface area contributed by atoms with Crippen LogP contribution in [0.3, 0.4) is 0 Å². The van der Waals surface area contributed by atoms with E-state index in [9.17, 15) is 13.5 Å². The maximum absolute atomic E-state index is 12.2. The quantitative estimate of drug-likeness (QED) is 0.744. The highest BCUT2D eigenvalue weighted by Gasteiger charge is 2.21. The zero-order valence-corrected chi connectivity index (χ0v) is 12.6. The highest BCUT2D eigenvalue weighted by Crippen LogP contribution is 2.18. The third-order valence-electron chi connectivity index (χ3n) is 2.88. The fourth-order valence-corrected chi connectivity index (χ4v) is 3.62. The maximum atomic E-state index is 12.2. The number of nitrogens with one attached hydrogen (secondary N) is 1. The predicted molar refractivity (Wildman–Crippen MR) is 77.1 cm³/mol. The van der Waals surface area contributed by atoms with Crippen LogP contribution in [0.2, 0.25) is 0 Å². The number of rotatable bonds is 7. The van der Waals surface area contributed by atoms with E-state index in [0.717, 1.165) is 24.1 Å². The molecule has 0 aromatic heterocycles. The van der Waals surface area contributed by atoms with Crippen LogP contribution < -0.4 is 5.32 Å².